The van der Waals surface area contributed by atoms with E-state index in [0.717, 1.165) is 23.5 Å². The Morgan fingerprint density at radius 3 is 2.79 bits per heavy atom. The molecule has 2 aromatic heterocycles. The van der Waals surface area contributed by atoms with Crippen LogP contribution in [0.15, 0.2) is 36.7 Å². The molecule has 148 valence electrons. The predicted octanol–water partition coefficient (Wildman–Crippen LogP) is 3.47. The minimum absolute atomic E-state index is 0.0465. The number of nitrogens with two attached hydrogens (primary N) is 1. The summed E-state index contributed by atoms with van der Waals surface area (Å²) in [5.74, 6) is 0.0355. The van der Waals surface area contributed by atoms with Gasteiger partial charge in [-0.2, -0.15) is 18.3 Å². The number of carbonyl (C=O) groups is 1. The normalized spacial score (nSPS) is 12.8. The number of amides is 1. The highest BCUT2D eigenvalue weighted by Crippen LogP contribution is 2.34. The van der Waals surface area contributed by atoms with Crippen LogP contribution in [0.3, 0.4) is 0 Å². The highest BCUT2D eigenvalue weighted by Gasteiger charge is 2.30. The zero-order valence-electron chi connectivity index (χ0n) is 14.5. The van der Waals surface area contributed by atoms with Crippen molar-refractivity contribution < 1.29 is 18.0 Å². The summed E-state index contributed by atoms with van der Waals surface area (Å²) in [6.45, 7) is 0. The van der Waals surface area contributed by atoms with E-state index < -0.39 is 23.8 Å². The van der Waals surface area contributed by atoms with E-state index in [2.05, 4.69) is 15.4 Å². The predicted molar refractivity (Wildman–Crippen MR) is 99.9 cm³/mol. The minimum Gasteiger partial charge on any atom is -0.336 e. The number of rotatable bonds is 5. The first kappa shape index (κ1) is 20.3. The Morgan fingerprint density at radius 2 is 2.14 bits per heavy atom. The smallest absolute Gasteiger partial charge is 0.336 e. The van der Waals surface area contributed by atoms with Gasteiger partial charge in [-0.1, -0.05) is 29.8 Å². The quantitative estimate of drug-likeness (QED) is 0.608. The monoisotopic (exact) mass is 429 g/mol. The van der Waals surface area contributed by atoms with Crippen molar-refractivity contribution in [3.8, 4) is 11.4 Å². The molecule has 6 nitrogen and oxygen atoms in total. The molecule has 28 heavy (non-hydrogen) atoms. The van der Waals surface area contributed by atoms with Gasteiger partial charge in [0.15, 0.2) is 5.82 Å². The van der Waals surface area contributed by atoms with Crippen LogP contribution in [0.4, 0.5) is 13.2 Å². The molecule has 1 amide bonds. The summed E-state index contributed by atoms with van der Waals surface area (Å²) in [5.41, 5.74) is 6.06. The number of thiophene rings is 1. The lowest BCUT2D eigenvalue weighted by Gasteiger charge is -2.14. The lowest BCUT2D eigenvalue weighted by Crippen LogP contribution is -2.42. The Bertz CT molecular complexity index is 1000. The fraction of sp³-hybridized carbons (Fsp3) is 0.235. The maximum absolute atomic E-state index is 12.8. The third kappa shape index (κ3) is 4.51. The number of benzene rings is 1. The van der Waals surface area contributed by atoms with E-state index in [9.17, 15) is 18.0 Å². The second-order valence-corrected chi connectivity index (χ2v) is 7.64. The van der Waals surface area contributed by atoms with Crippen LogP contribution >= 0.6 is 22.9 Å². The summed E-state index contributed by atoms with van der Waals surface area (Å²) in [6.07, 6.45) is -3.89. The topological polar surface area (TPSA) is 85.8 Å². The first-order valence-electron chi connectivity index (χ1n) is 8.01. The van der Waals surface area contributed by atoms with Gasteiger partial charge >= 0.3 is 6.18 Å². The molecule has 2 heterocycles. The second-order valence-electron chi connectivity index (χ2n) is 5.99. The SMILES string of the molecule is Cn1ncnc1-c1cc(C(=O)NC(N)Cc2cccc(C(F)(F)F)c2)sc1Cl. The van der Waals surface area contributed by atoms with Gasteiger partial charge in [0.25, 0.3) is 5.91 Å². The van der Waals surface area contributed by atoms with Crippen molar-refractivity contribution >= 4 is 28.8 Å². The van der Waals surface area contributed by atoms with Crippen LogP contribution in [-0.2, 0) is 19.6 Å². The molecule has 11 heteroatoms. The molecule has 3 rings (SSSR count). The first-order valence-corrected chi connectivity index (χ1v) is 9.21. The van der Waals surface area contributed by atoms with Crippen LogP contribution in [0.25, 0.3) is 11.4 Å². The van der Waals surface area contributed by atoms with Crippen molar-refractivity contribution in [3.05, 3.63) is 57.0 Å². The molecule has 0 saturated heterocycles. The summed E-state index contributed by atoms with van der Waals surface area (Å²) >= 11 is 7.25. The van der Waals surface area contributed by atoms with E-state index in [1.165, 1.54) is 23.1 Å². The van der Waals surface area contributed by atoms with Gasteiger partial charge in [0.2, 0.25) is 0 Å². The van der Waals surface area contributed by atoms with E-state index in [-0.39, 0.29) is 6.42 Å². The van der Waals surface area contributed by atoms with E-state index >= 15 is 0 Å². The van der Waals surface area contributed by atoms with E-state index in [1.54, 1.807) is 13.1 Å². The number of nitrogens with one attached hydrogen (secondary N) is 1. The fourth-order valence-electron chi connectivity index (χ4n) is 2.59. The third-order valence-corrected chi connectivity index (χ3v) is 5.25. The highest BCUT2D eigenvalue weighted by molar-refractivity contribution is 7.18. The second kappa shape index (κ2) is 7.90. The average molecular weight is 430 g/mol. The highest BCUT2D eigenvalue weighted by atomic mass is 35.5. The molecule has 1 atom stereocenters. The molecule has 0 fully saturated rings. The van der Waals surface area contributed by atoms with Crippen LogP contribution in [0.5, 0.6) is 0 Å². The summed E-state index contributed by atoms with van der Waals surface area (Å²) in [5, 5.41) is 6.53. The first-order chi connectivity index (χ1) is 13.1. The lowest BCUT2D eigenvalue weighted by atomic mass is 10.1. The fourth-order valence-corrected chi connectivity index (χ4v) is 3.76. The van der Waals surface area contributed by atoms with Gasteiger partial charge in [0, 0.05) is 19.0 Å². The van der Waals surface area contributed by atoms with Crippen LogP contribution < -0.4 is 11.1 Å². The van der Waals surface area contributed by atoms with Crippen molar-refractivity contribution in [1.29, 1.82) is 0 Å². The number of halogens is 4. The largest absolute Gasteiger partial charge is 0.416 e. The lowest BCUT2D eigenvalue weighted by molar-refractivity contribution is -0.137. The van der Waals surface area contributed by atoms with E-state index in [0.29, 0.717) is 26.2 Å². The molecule has 0 spiro atoms. The van der Waals surface area contributed by atoms with Gasteiger partial charge in [0.1, 0.15) is 10.7 Å². The van der Waals surface area contributed by atoms with Gasteiger partial charge in [0.05, 0.1) is 16.6 Å². The molecule has 1 unspecified atom stereocenters. The number of hydrogen-bond donors (Lipinski definition) is 2. The van der Waals surface area contributed by atoms with Crippen molar-refractivity contribution in [2.24, 2.45) is 12.8 Å². The summed E-state index contributed by atoms with van der Waals surface area (Å²) in [7, 11) is 1.70. The maximum Gasteiger partial charge on any atom is 0.416 e. The summed E-state index contributed by atoms with van der Waals surface area (Å²) < 4.78 is 40.3. The van der Waals surface area contributed by atoms with Crippen molar-refractivity contribution in [2.45, 2.75) is 18.8 Å². The van der Waals surface area contributed by atoms with Crippen LogP contribution in [-0.4, -0.2) is 26.8 Å². The molecule has 0 aliphatic rings. The zero-order chi connectivity index (χ0) is 20.5. The number of hydrogen-bond acceptors (Lipinski definition) is 5. The summed E-state index contributed by atoms with van der Waals surface area (Å²) in [6, 6.07) is 6.40. The minimum atomic E-state index is -4.44. The Hall–Kier alpha value is -2.43. The standard InChI is InChI=1S/C17H15ClF3N5OS/c1-26-15(23-8-24-26)11-7-12(28-14(11)18)16(27)25-13(22)6-9-3-2-4-10(5-9)17(19,20)21/h2-5,7-8,13H,6,22H2,1H3,(H,25,27). The molecular weight excluding hydrogens is 415 g/mol. The molecule has 3 aromatic rings. The molecular formula is C17H15ClF3N5OS. The molecule has 0 aliphatic heterocycles. The number of alkyl halides is 3. The van der Waals surface area contributed by atoms with Gasteiger partial charge in [-0.3, -0.25) is 4.79 Å². The van der Waals surface area contributed by atoms with Crippen molar-refractivity contribution in [1.82, 2.24) is 20.1 Å². The van der Waals surface area contributed by atoms with E-state index in [1.807, 2.05) is 0 Å². The molecule has 3 N–H and O–H groups in total. The molecule has 0 radical (unpaired) electrons. The van der Waals surface area contributed by atoms with Gasteiger partial charge in [-0.05, 0) is 17.7 Å². The molecule has 0 aliphatic carbocycles. The third-order valence-electron chi connectivity index (χ3n) is 3.89. The Balaban J connectivity index is 1.69. The molecule has 1 aromatic carbocycles. The van der Waals surface area contributed by atoms with E-state index in [4.69, 9.17) is 17.3 Å². The van der Waals surface area contributed by atoms with Gasteiger partial charge in [-0.15, -0.1) is 11.3 Å². The van der Waals surface area contributed by atoms with Crippen LogP contribution in [0.2, 0.25) is 4.34 Å². The maximum atomic E-state index is 12.8. The molecule has 0 bridgehead atoms. The average Bonchev–Trinajstić information content (AvgIpc) is 3.19. The van der Waals surface area contributed by atoms with Gasteiger partial charge in [-0.25, -0.2) is 9.67 Å². The Kier molecular flexibility index (Phi) is 5.73. The number of aryl methyl sites for hydroxylation is 1. The Morgan fingerprint density at radius 1 is 1.39 bits per heavy atom. The number of nitrogens with zero attached hydrogens (tertiary/aromatic N) is 3. The van der Waals surface area contributed by atoms with Crippen molar-refractivity contribution in [3.63, 3.8) is 0 Å². The number of carbonyl (C=O) groups excluding carboxylic acids is 1. The Labute approximate surface area is 167 Å². The van der Waals surface area contributed by atoms with Crippen molar-refractivity contribution in [2.75, 3.05) is 0 Å². The molecule has 0 saturated carbocycles. The zero-order valence-corrected chi connectivity index (χ0v) is 16.1. The van der Waals surface area contributed by atoms with Gasteiger partial charge < -0.3 is 11.1 Å². The summed E-state index contributed by atoms with van der Waals surface area (Å²) in [4.78, 5) is 16.8. The number of aromatic nitrogens is 3. The van der Waals surface area contributed by atoms with Crippen LogP contribution in [0.1, 0.15) is 20.8 Å². The van der Waals surface area contributed by atoms with Crippen LogP contribution in [0, 0.1) is 0 Å².